The molecule has 174 valence electrons. The van der Waals surface area contributed by atoms with Crippen LogP contribution in [0.2, 0.25) is 0 Å². The molecule has 0 saturated carbocycles. The van der Waals surface area contributed by atoms with Gasteiger partial charge in [-0.25, -0.2) is 4.90 Å². The molecular formula is C26H21F3N2O3. The molecule has 0 aromatic heterocycles. The molecule has 0 radical (unpaired) electrons. The van der Waals surface area contributed by atoms with Crippen LogP contribution in [-0.2, 0) is 9.59 Å². The molecule has 4 rings (SSSR count). The molecule has 3 aromatic carbocycles. The van der Waals surface area contributed by atoms with Crippen LogP contribution in [0.15, 0.2) is 72.4 Å². The van der Waals surface area contributed by atoms with Gasteiger partial charge in [0.05, 0.1) is 11.3 Å². The lowest BCUT2D eigenvalue weighted by Gasteiger charge is -2.17. The fourth-order valence-electron chi connectivity index (χ4n) is 3.62. The van der Waals surface area contributed by atoms with E-state index in [2.05, 4.69) is 10.1 Å². The van der Waals surface area contributed by atoms with Crippen molar-refractivity contribution in [1.29, 1.82) is 0 Å². The third-order valence-electron chi connectivity index (χ3n) is 5.53. The summed E-state index contributed by atoms with van der Waals surface area (Å²) in [5.74, 6) is -1.44. The fourth-order valence-corrected chi connectivity index (χ4v) is 3.62. The molecule has 0 spiro atoms. The Bertz CT molecular complexity index is 1290. The van der Waals surface area contributed by atoms with E-state index in [0.29, 0.717) is 16.9 Å². The summed E-state index contributed by atoms with van der Waals surface area (Å²) in [6.07, 6.45) is -4.81. The van der Waals surface area contributed by atoms with Gasteiger partial charge in [-0.3, -0.25) is 9.59 Å². The van der Waals surface area contributed by atoms with E-state index < -0.39 is 23.9 Å². The highest BCUT2D eigenvalue weighted by atomic mass is 19.4. The zero-order valence-electron chi connectivity index (χ0n) is 18.7. The van der Waals surface area contributed by atoms with Gasteiger partial charge in [0.2, 0.25) is 0 Å². The summed E-state index contributed by atoms with van der Waals surface area (Å²) in [5, 5.41) is 2.93. The first-order chi connectivity index (χ1) is 16.0. The molecule has 34 heavy (non-hydrogen) atoms. The monoisotopic (exact) mass is 466 g/mol. The third kappa shape index (κ3) is 4.66. The van der Waals surface area contributed by atoms with Gasteiger partial charge in [0.1, 0.15) is 11.4 Å². The van der Waals surface area contributed by atoms with Gasteiger partial charge in [0, 0.05) is 5.69 Å². The predicted octanol–water partition coefficient (Wildman–Crippen LogP) is 5.91. The van der Waals surface area contributed by atoms with Crippen LogP contribution >= 0.6 is 0 Å². The van der Waals surface area contributed by atoms with Gasteiger partial charge in [-0.15, -0.1) is 13.2 Å². The van der Waals surface area contributed by atoms with Crippen molar-refractivity contribution in [2.75, 3.05) is 10.2 Å². The highest BCUT2D eigenvalue weighted by Gasteiger charge is 2.40. The van der Waals surface area contributed by atoms with Crippen LogP contribution in [0.25, 0.3) is 5.57 Å². The number of nitrogens with one attached hydrogen (secondary N) is 1. The standard InChI is InChI=1S/C26H21F3N2O3/c1-15-4-7-18(8-5-15)22-23(30-19-9-12-21(13-10-19)34-26(27,28)29)25(33)31(24(22)32)20-11-6-16(2)17(3)14-20/h4-14,30H,1-3H3. The number of hydrogen-bond acceptors (Lipinski definition) is 4. The molecule has 5 nitrogen and oxygen atoms in total. The molecule has 1 aliphatic heterocycles. The summed E-state index contributed by atoms with van der Waals surface area (Å²) in [7, 11) is 0. The molecule has 0 unspecified atom stereocenters. The van der Waals surface area contributed by atoms with E-state index >= 15 is 0 Å². The highest BCUT2D eigenvalue weighted by molar-refractivity contribution is 6.46. The Balaban J connectivity index is 1.74. The molecule has 8 heteroatoms. The van der Waals surface area contributed by atoms with Crippen LogP contribution < -0.4 is 15.0 Å². The Hall–Kier alpha value is -4.07. The summed E-state index contributed by atoms with van der Waals surface area (Å²) >= 11 is 0. The normalized spacial score (nSPS) is 14.1. The molecule has 1 aliphatic rings. The van der Waals surface area contributed by atoms with E-state index in [1.807, 2.05) is 39.0 Å². The molecule has 0 bridgehead atoms. The minimum absolute atomic E-state index is 0.0385. The van der Waals surface area contributed by atoms with Crippen LogP contribution in [0.5, 0.6) is 5.75 Å². The summed E-state index contributed by atoms with van der Waals surface area (Å²) in [4.78, 5) is 28.0. The molecule has 0 aliphatic carbocycles. The molecule has 0 fully saturated rings. The SMILES string of the molecule is Cc1ccc(C2=C(Nc3ccc(OC(F)(F)F)cc3)C(=O)N(c3ccc(C)c(C)c3)C2=O)cc1. The number of nitrogens with zero attached hydrogens (tertiary/aromatic N) is 1. The molecule has 3 aromatic rings. The zero-order valence-corrected chi connectivity index (χ0v) is 18.7. The van der Waals surface area contributed by atoms with E-state index in [9.17, 15) is 22.8 Å². The van der Waals surface area contributed by atoms with Gasteiger partial charge in [0.15, 0.2) is 0 Å². The van der Waals surface area contributed by atoms with Crippen molar-refractivity contribution in [3.63, 3.8) is 0 Å². The molecule has 1 N–H and O–H groups in total. The predicted molar refractivity (Wildman–Crippen MR) is 123 cm³/mol. The van der Waals surface area contributed by atoms with Crippen LogP contribution in [-0.4, -0.2) is 18.2 Å². The number of halogens is 3. The second-order valence-electron chi connectivity index (χ2n) is 8.03. The average molecular weight is 466 g/mol. The number of carbonyl (C=O) groups is 2. The number of amides is 2. The molecule has 1 heterocycles. The first-order valence-electron chi connectivity index (χ1n) is 10.4. The van der Waals surface area contributed by atoms with Crippen LogP contribution in [0.4, 0.5) is 24.5 Å². The number of aryl methyl sites for hydroxylation is 3. The van der Waals surface area contributed by atoms with Crippen LogP contribution in [0, 0.1) is 20.8 Å². The Kier molecular flexibility index (Phi) is 5.91. The Morgan fingerprint density at radius 3 is 2.03 bits per heavy atom. The molecule has 0 atom stereocenters. The topological polar surface area (TPSA) is 58.6 Å². The average Bonchev–Trinajstić information content (AvgIpc) is 3.01. The number of hydrogen-bond donors (Lipinski definition) is 1. The number of alkyl halides is 3. The lowest BCUT2D eigenvalue weighted by atomic mass is 10.0. The van der Waals surface area contributed by atoms with Crippen molar-refractivity contribution in [3.8, 4) is 5.75 Å². The Morgan fingerprint density at radius 1 is 0.794 bits per heavy atom. The van der Waals surface area contributed by atoms with Gasteiger partial charge < -0.3 is 10.1 Å². The minimum Gasteiger partial charge on any atom is -0.406 e. The Labute approximate surface area is 194 Å². The number of ether oxygens (including phenoxy) is 1. The summed E-state index contributed by atoms with van der Waals surface area (Å²) in [6.45, 7) is 5.73. The second-order valence-corrected chi connectivity index (χ2v) is 8.03. The van der Waals surface area contributed by atoms with E-state index in [4.69, 9.17) is 0 Å². The first-order valence-corrected chi connectivity index (χ1v) is 10.4. The molecular weight excluding hydrogens is 445 g/mol. The van der Waals surface area contributed by atoms with Crippen molar-refractivity contribution < 1.29 is 27.5 Å². The number of imide groups is 1. The lowest BCUT2D eigenvalue weighted by molar-refractivity contribution is -0.274. The maximum atomic E-state index is 13.5. The largest absolute Gasteiger partial charge is 0.573 e. The van der Waals surface area contributed by atoms with Crippen LogP contribution in [0.1, 0.15) is 22.3 Å². The van der Waals surface area contributed by atoms with E-state index in [0.717, 1.165) is 33.7 Å². The number of benzene rings is 3. The van der Waals surface area contributed by atoms with E-state index in [1.165, 1.54) is 12.1 Å². The maximum absolute atomic E-state index is 13.5. The summed E-state index contributed by atoms with van der Waals surface area (Å²) < 4.78 is 41.3. The first kappa shape index (κ1) is 23.1. The van der Waals surface area contributed by atoms with Gasteiger partial charge in [-0.2, -0.15) is 0 Å². The zero-order chi connectivity index (χ0) is 24.6. The fraction of sp³-hybridized carbons (Fsp3) is 0.154. The van der Waals surface area contributed by atoms with Gasteiger partial charge in [0.25, 0.3) is 11.8 Å². The minimum atomic E-state index is -4.81. The van der Waals surface area contributed by atoms with Gasteiger partial charge >= 0.3 is 6.36 Å². The highest BCUT2D eigenvalue weighted by Crippen LogP contribution is 2.35. The molecule has 2 amide bonds. The quantitative estimate of drug-likeness (QED) is 0.475. The van der Waals surface area contributed by atoms with Crippen molar-refractivity contribution in [1.82, 2.24) is 0 Å². The molecule has 0 saturated heterocycles. The number of rotatable bonds is 5. The summed E-state index contributed by atoms with van der Waals surface area (Å²) in [5.41, 5.74) is 4.48. The third-order valence-corrected chi connectivity index (χ3v) is 5.53. The van der Waals surface area contributed by atoms with Gasteiger partial charge in [-0.1, -0.05) is 35.9 Å². The maximum Gasteiger partial charge on any atom is 0.573 e. The Morgan fingerprint density at radius 2 is 1.44 bits per heavy atom. The van der Waals surface area contributed by atoms with Crippen molar-refractivity contribution in [3.05, 3.63) is 94.7 Å². The van der Waals surface area contributed by atoms with Gasteiger partial charge in [-0.05, 0) is 73.9 Å². The number of anilines is 2. The number of carbonyl (C=O) groups excluding carboxylic acids is 2. The second kappa shape index (κ2) is 8.70. The van der Waals surface area contributed by atoms with Crippen molar-refractivity contribution in [2.45, 2.75) is 27.1 Å². The van der Waals surface area contributed by atoms with E-state index in [-0.39, 0.29) is 11.3 Å². The van der Waals surface area contributed by atoms with Crippen molar-refractivity contribution >= 4 is 28.8 Å². The smallest absolute Gasteiger partial charge is 0.406 e. The summed E-state index contributed by atoms with van der Waals surface area (Å²) in [6, 6.07) is 17.4. The van der Waals surface area contributed by atoms with Crippen LogP contribution in [0.3, 0.4) is 0 Å². The lowest BCUT2D eigenvalue weighted by Crippen LogP contribution is -2.32. The van der Waals surface area contributed by atoms with E-state index in [1.54, 1.807) is 24.3 Å². The van der Waals surface area contributed by atoms with Crippen molar-refractivity contribution in [2.24, 2.45) is 0 Å².